The summed E-state index contributed by atoms with van der Waals surface area (Å²) in [6.07, 6.45) is 0.584. The van der Waals surface area contributed by atoms with E-state index in [9.17, 15) is 4.79 Å². The minimum absolute atomic E-state index is 0.0968. The van der Waals surface area contributed by atoms with Crippen molar-refractivity contribution < 1.29 is 9.53 Å². The summed E-state index contributed by atoms with van der Waals surface area (Å²) in [4.78, 5) is 12.0. The molecule has 0 aromatic heterocycles. The molecule has 1 saturated heterocycles. The maximum absolute atomic E-state index is 12.0. The molecular formula is C12H15BrN2O2. The SMILES string of the molecule is CC1CCOC1C(=O)Nc1ccc(N)cc1Br. The summed E-state index contributed by atoms with van der Waals surface area (Å²) < 4.78 is 6.19. The lowest BCUT2D eigenvalue weighted by molar-refractivity contribution is -0.126. The fraction of sp³-hybridized carbons (Fsp3) is 0.417. The predicted molar refractivity (Wildman–Crippen MR) is 70.7 cm³/mol. The topological polar surface area (TPSA) is 64.3 Å². The van der Waals surface area contributed by atoms with Gasteiger partial charge in [-0.25, -0.2) is 0 Å². The third-order valence-corrected chi connectivity index (χ3v) is 3.55. The number of hydrogen-bond donors (Lipinski definition) is 2. The van der Waals surface area contributed by atoms with E-state index < -0.39 is 0 Å². The molecule has 2 atom stereocenters. The highest BCUT2D eigenvalue weighted by molar-refractivity contribution is 9.10. The summed E-state index contributed by atoms with van der Waals surface area (Å²) in [5.41, 5.74) is 7.00. The number of benzene rings is 1. The van der Waals surface area contributed by atoms with Gasteiger partial charge in [0.1, 0.15) is 6.10 Å². The van der Waals surface area contributed by atoms with Gasteiger partial charge in [-0.2, -0.15) is 0 Å². The van der Waals surface area contributed by atoms with E-state index in [1.165, 1.54) is 0 Å². The van der Waals surface area contributed by atoms with Crippen molar-refractivity contribution in [1.82, 2.24) is 0 Å². The van der Waals surface area contributed by atoms with Crippen LogP contribution in [0.4, 0.5) is 11.4 Å². The molecule has 1 amide bonds. The Kier molecular flexibility index (Phi) is 3.69. The van der Waals surface area contributed by atoms with Crippen molar-refractivity contribution in [2.24, 2.45) is 5.92 Å². The highest BCUT2D eigenvalue weighted by Crippen LogP contribution is 2.27. The number of amides is 1. The molecule has 1 aliphatic heterocycles. The van der Waals surface area contributed by atoms with Gasteiger partial charge in [0.25, 0.3) is 5.91 Å². The molecule has 4 nitrogen and oxygen atoms in total. The second-order valence-corrected chi connectivity index (χ2v) is 5.14. The van der Waals surface area contributed by atoms with Crippen LogP contribution in [0.25, 0.3) is 0 Å². The Morgan fingerprint density at radius 1 is 1.59 bits per heavy atom. The van der Waals surface area contributed by atoms with Gasteiger partial charge in [-0.05, 0) is 46.5 Å². The van der Waals surface area contributed by atoms with Crippen LogP contribution in [0.5, 0.6) is 0 Å². The minimum atomic E-state index is -0.348. The first-order valence-electron chi connectivity index (χ1n) is 5.55. The molecule has 1 aromatic rings. The Hall–Kier alpha value is -1.07. The molecule has 1 aliphatic rings. The van der Waals surface area contributed by atoms with Gasteiger partial charge in [0.05, 0.1) is 5.69 Å². The number of halogens is 1. The Bertz CT molecular complexity index is 437. The number of anilines is 2. The van der Waals surface area contributed by atoms with Crippen LogP contribution in [0.1, 0.15) is 13.3 Å². The summed E-state index contributed by atoms with van der Waals surface area (Å²) in [6.45, 7) is 2.68. The van der Waals surface area contributed by atoms with Crippen LogP contribution in [0.3, 0.4) is 0 Å². The fourth-order valence-electron chi connectivity index (χ4n) is 1.87. The van der Waals surface area contributed by atoms with Gasteiger partial charge in [0.15, 0.2) is 0 Å². The summed E-state index contributed by atoms with van der Waals surface area (Å²) in [5.74, 6) is 0.169. The molecule has 0 spiro atoms. The molecule has 5 heteroatoms. The third kappa shape index (κ3) is 2.79. The van der Waals surface area contributed by atoms with Gasteiger partial charge in [-0.1, -0.05) is 6.92 Å². The molecule has 3 N–H and O–H groups in total. The van der Waals surface area contributed by atoms with Crippen LogP contribution in [0.15, 0.2) is 22.7 Å². The van der Waals surface area contributed by atoms with Crippen molar-refractivity contribution in [2.45, 2.75) is 19.4 Å². The highest BCUT2D eigenvalue weighted by Gasteiger charge is 2.31. The summed E-state index contributed by atoms with van der Waals surface area (Å²) >= 11 is 3.36. The van der Waals surface area contributed by atoms with Crippen molar-refractivity contribution in [3.63, 3.8) is 0 Å². The van der Waals surface area contributed by atoms with Crippen LogP contribution >= 0.6 is 15.9 Å². The Balaban J connectivity index is 2.07. The number of rotatable bonds is 2. The first kappa shape index (κ1) is 12.4. The largest absolute Gasteiger partial charge is 0.399 e. The summed E-state index contributed by atoms with van der Waals surface area (Å²) in [7, 11) is 0. The van der Waals surface area contributed by atoms with Gasteiger partial charge in [-0.15, -0.1) is 0 Å². The van der Waals surface area contributed by atoms with E-state index in [1.54, 1.807) is 18.2 Å². The predicted octanol–water partition coefficient (Wildman–Crippen LogP) is 2.39. The zero-order valence-electron chi connectivity index (χ0n) is 9.57. The van der Waals surface area contributed by atoms with E-state index in [1.807, 2.05) is 6.92 Å². The number of nitrogens with two attached hydrogens (primary N) is 1. The first-order valence-corrected chi connectivity index (χ1v) is 6.34. The maximum atomic E-state index is 12.0. The van der Waals surface area contributed by atoms with Crippen LogP contribution < -0.4 is 11.1 Å². The number of carbonyl (C=O) groups excluding carboxylic acids is 1. The molecule has 0 aliphatic carbocycles. The lowest BCUT2D eigenvalue weighted by Gasteiger charge is -2.15. The van der Waals surface area contributed by atoms with Gasteiger partial charge in [0, 0.05) is 16.8 Å². The highest BCUT2D eigenvalue weighted by atomic mass is 79.9. The van der Waals surface area contributed by atoms with Crippen molar-refractivity contribution in [3.05, 3.63) is 22.7 Å². The summed E-state index contributed by atoms with van der Waals surface area (Å²) in [5, 5.41) is 2.84. The molecule has 1 aromatic carbocycles. The normalized spacial score (nSPS) is 23.6. The quantitative estimate of drug-likeness (QED) is 0.824. The van der Waals surface area contributed by atoms with Crippen molar-refractivity contribution >= 4 is 33.2 Å². The summed E-state index contributed by atoms with van der Waals surface area (Å²) in [6, 6.07) is 5.28. The Morgan fingerprint density at radius 2 is 2.35 bits per heavy atom. The van der Waals surface area contributed by atoms with Gasteiger partial charge in [0.2, 0.25) is 0 Å². The Labute approximate surface area is 109 Å². The number of nitrogens with one attached hydrogen (secondary N) is 1. The monoisotopic (exact) mass is 298 g/mol. The molecule has 0 radical (unpaired) electrons. The number of ether oxygens (including phenoxy) is 1. The molecule has 2 unspecified atom stereocenters. The number of hydrogen-bond acceptors (Lipinski definition) is 3. The van der Waals surface area contributed by atoms with Crippen molar-refractivity contribution in [2.75, 3.05) is 17.7 Å². The average molecular weight is 299 g/mol. The van der Waals surface area contributed by atoms with Gasteiger partial charge < -0.3 is 15.8 Å². The lowest BCUT2D eigenvalue weighted by Crippen LogP contribution is -2.31. The molecule has 0 bridgehead atoms. The first-order chi connectivity index (χ1) is 8.08. The maximum Gasteiger partial charge on any atom is 0.253 e. The minimum Gasteiger partial charge on any atom is -0.399 e. The van der Waals surface area contributed by atoms with E-state index >= 15 is 0 Å². The zero-order valence-corrected chi connectivity index (χ0v) is 11.2. The van der Waals surface area contributed by atoms with E-state index in [0.29, 0.717) is 18.0 Å². The molecular weight excluding hydrogens is 284 g/mol. The van der Waals surface area contributed by atoms with Crippen LogP contribution in [-0.2, 0) is 9.53 Å². The number of carbonyl (C=O) groups is 1. The second kappa shape index (κ2) is 5.06. The average Bonchev–Trinajstić information content (AvgIpc) is 2.68. The lowest BCUT2D eigenvalue weighted by atomic mass is 10.0. The van der Waals surface area contributed by atoms with Crippen LogP contribution in [-0.4, -0.2) is 18.6 Å². The Morgan fingerprint density at radius 3 is 2.94 bits per heavy atom. The second-order valence-electron chi connectivity index (χ2n) is 4.29. The van der Waals surface area contributed by atoms with E-state index in [-0.39, 0.29) is 17.9 Å². The standard InChI is InChI=1S/C12H15BrN2O2/c1-7-4-5-17-11(7)12(16)15-10-3-2-8(14)6-9(10)13/h2-3,6-7,11H,4-5,14H2,1H3,(H,15,16). The fourth-order valence-corrected chi connectivity index (χ4v) is 2.36. The zero-order chi connectivity index (χ0) is 12.4. The van der Waals surface area contributed by atoms with Gasteiger partial charge >= 0.3 is 0 Å². The van der Waals surface area contributed by atoms with E-state index in [4.69, 9.17) is 10.5 Å². The molecule has 17 heavy (non-hydrogen) atoms. The van der Waals surface area contributed by atoms with E-state index in [2.05, 4.69) is 21.2 Å². The molecule has 2 rings (SSSR count). The van der Waals surface area contributed by atoms with Gasteiger partial charge in [-0.3, -0.25) is 4.79 Å². The molecule has 0 saturated carbocycles. The molecule has 92 valence electrons. The smallest absolute Gasteiger partial charge is 0.253 e. The van der Waals surface area contributed by atoms with Crippen LogP contribution in [0, 0.1) is 5.92 Å². The molecule has 1 heterocycles. The number of nitrogen functional groups attached to an aromatic ring is 1. The molecule has 1 fully saturated rings. The van der Waals surface area contributed by atoms with E-state index in [0.717, 1.165) is 10.9 Å². The van der Waals surface area contributed by atoms with Crippen molar-refractivity contribution in [1.29, 1.82) is 0 Å². The third-order valence-electron chi connectivity index (χ3n) is 2.90. The van der Waals surface area contributed by atoms with Crippen LogP contribution in [0.2, 0.25) is 0 Å². The van der Waals surface area contributed by atoms with Crippen molar-refractivity contribution in [3.8, 4) is 0 Å².